The molecule has 4 nitrogen and oxygen atoms in total. The van der Waals surface area contributed by atoms with E-state index in [0.29, 0.717) is 11.9 Å². The van der Waals surface area contributed by atoms with Gasteiger partial charge in [-0.15, -0.1) is 0 Å². The van der Waals surface area contributed by atoms with Crippen LogP contribution in [0.1, 0.15) is 51.6 Å². The van der Waals surface area contributed by atoms with Crippen LogP contribution < -0.4 is 11.2 Å². The molecule has 144 valence electrons. The van der Waals surface area contributed by atoms with Gasteiger partial charge in [-0.3, -0.25) is 0 Å². The topological polar surface area (TPSA) is 59.6 Å². The third-order valence-electron chi connectivity index (χ3n) is 5.60. The number of nitrogens with one attached hydrogen (secondary N) is 1. The van der Waals surface area contributed by atoms with Gasteiger partial charge in [0.15, 0.2) is 0 Å². The van der Waals surface area contributed by atoms with Gasteiger partial charge in [0.1, 0.15) is 0 Å². The highest BCUT2D eigenvalue weighted by atomic mass is 16.6. The maximum Gasteiger partial charge on any atom is 0.216 e. The first-order chi connectivity index (χ1) is 13.0. The Morgan fingerprint density at radius 2 is 1.89 bits per heavy atom. The number of nitrogens with two attached hydrogens (primary N) is 1. The predicted octanol–water partition coefficient (Wildman–Crippen LogP) is 5.12. The molecule has 0 amide bonds. The van der Waals surface area contributed by atoms with Crippen molar-refractivity contribution >= 4 is 16.7 Å². The fourth-order valence-electron chi connectivity index (χ4n) is 3.91. The molecule has 0 spiro atoms. The fraction of sp³-hybridized carbons (Fsp3) is 0.435. The summed E-state index contributed by atoms with van der Waals surface area (Å²) < 4.78 is 0. The zero-order valence-corrected chi connectivity index (χ0v) is 16.6. The van der Waals surface area contributed by atoms with Crippen molar-refractivity contribution in [3.05, 3.63) is 60.3 Å². The van der Waals surface area contributed by atoms with Gasteiger partial charge >= 0.3 is 0 Å². The number of rotatable bonds is 6. The molecule has 1 aliphatic rings. The fourth-order valence-corrected chi connectivity index (χ4v) is 3.91. The number of allylic oxidation sites excluding steroid dienone is 1. The van der Waals surface area contributed by atoms with Gasteiger partial charge in [0, 0.05) is 23.7 Å². The monoisotopic (exact) mass is 365 g/mol. The van der Waals surface area contributed by atoms with Crippen molar-refractivity contribution in [1.29, 1.82) is 0 Å². The zero-order valence-electron chi connectivity index (χ0n) is 16.6. The summed E-state index contributed by atoms with van der Waals surface area (Å²) >= 11 is 0. The molecule has 2 aromatic rings. The second kappa shape index (κ2) is 8.68. The van der Waals surface area contributed by atoms with E-state index in [1.807, 2.05) is 0 Å². The van der Waals surface area contributed by atoms with Crippen molar-refractivity contribution < 1.29 is 4.84 Å². The van der Waals surface area contributed by atoms with Crippen molar-refractivity contribution in [2.75, 3.05) is 0 Å². The molecule has 3 N–H and O–H groups in total. The Balaban J connectivity index is 1.68. The van der Waals surface area contributed by atoms with E-state index < -0.39 is 0 Å². The normalized spacial score (nSPS) is 21.6. The summed E-state index contributed by atoms with van der Waals surface area (Å²) in [7, 11) is 0. The molecule has 1 fully saturated rings. The molecule has 0 aliphatic heterocycles. The third kappa shape index (κ3) is 4.57. The van der Waals surface area contributed by atoms with Crippen molar-refractivity contribution in [2.24, 2.45) is 22.7 Å². The average molecular weight is 366 g/mol. The molecule has 4 heteroatoms. The number of hydrogen-bond donors (Lipinski definition) is 2. The van der Waals surface area contributed by atoms with Crippen LogP contribution in [0.25, 0.3) is 10.8 Å². The molecule has 3 atom stereocenters. The van der Waals surface area contributed by atoms with Crippen LogP contribution in [-0.4, -0.2) is 11.9 Å². The second-order valence-corrected chi connectivity index (χ2v) is 7.88. The first kappa shape index (κ1) is 19.6. The number of hydrogen-bond acceptors (Lipinski definition) is 4. The van der Waals surface area contributed by atoms with Crippen LogP contribution in [0.15, 0.2) is 59.7 Å². The first-order valence-corrected chi connectivity index (χ1v) is 9.87. The Labute approximate surface area is 162 Å². The van der Waals surface area contributed by atoms with Gasteiger partial charge in [-0.05, 0) is 48.4 Å². The summed E-state index contributed by atoms with van der Waals surface area (Å²) in [5, 5.41) is 6.40. The molecule has 27 heavy (non-hydrogen) atoms. The standard InChI is InChI=1S/C23H31N3O/c1-15(2)16(3)26-23(27-24)19-12-13-20(14-19)25-17(4)21-11-7-9-18-8-5-6-10-22(18)21/h5-11,15,17,19-20,25H,3,12-14,24H2,1-2,4H3/b26-23-/t17-,19?,20?/m1/s1. The summed E-state index contributed by atoms with van der Waals surface area (Å²) in [4.78, 5) is 9.65. The van der Waals surface area contributed by atoms with E-state index in [-0.39, 0.29) is 17.9 Å². The molecule has 1 saturated carbocycles. The van der Waals surface area contributed by atoms with E-state index in [4.69, 9.17) is 10.7 Å². The molecule has 0 heterocycles. The van der Waals surface area contributed by atoms with Crippen molar-refractivity contribution in [3.63, 3.8) is 0 Å². The number of fused-ring (bicyclic) bond motifs is 1. The maximum absolute atomic E-state index is 5.51. The quantitative estimate of drug-likeness (QED) is 0.424. The van der Waals surface area contributed by atoms with Gasteiger partial charge < -0.3 is 10.2 Å². The maximum atomic E-state index is 5.51. The Hall–Kier alpha value is -2.17. The lowest BCUT2D eigenvalue weighted by Crippen LogP contribution is -2.30. The molecule has 0 aromatic heterocycles. The molecule has 2 aromatic carbocycles. The van der Waals surface area contributed by atoms with E-state index in [0.717, 1.165) is 25.0 Å². The van der Waals surface area contributed by atoms with Crippen LogP contribution in [0.3, 0.4) is 0 Å². The largest absolute Gasteiger partial charge is 0.396 e. The molecule has 0 radical (unpaired) electrons. The molecule has 1 aliphatic carbocycles. The minimum absolute atomic E-state index is 0.253. The predicted molar refractivity (Wildman–Crippen MR) is 113 cm³/mol. The lowest BCUT2D eigenvalue weighted by molar-refractivity contribution is 0.291. The van der Waals surface area contributed by atoms with Crippen LogP contribution in [0.2, 0.25) is 0 Å². The summed E-state index contributed by atoms with van der Waals surface area (Å²) in [6, 6.07) is 15.8. The minimum Gasteiger partial charge on any atom is -0.396 e. The summed E-state index contributed by atoms with van der Waals surface area (Å²) in [6.45, 7) is 10.4. The van der Waals surface area contributed by atoms with E-state index in [9.17, 15) is 0 Å². The summed E-state index contributed by atoms with van der Waals surface area (Å²) in [6.07, 6.45) is 3.11. The molecule has 2 unspecified atom stereocenters. The van der Waals surface area contributed by atoms with Gasteiger partial charge in [-0.25, -0.2) is 4.99 Å². The Bertz CT molecular complexity index is 822. The second-order valence-electron chi connectivity index (χ2n) is 7.88. The highest BCUT2D eigenvalue weighted by Crippen LogP contribution is 2.31. The molecular formula is C23H31N3O. The highest BCUT2D eigenvalue weighted by molar-refractivity contribution is 5.86. The number of benzene rings is 2. The van der Waals surface area contributed by atoms with Gasteiger partial charge in [-0.1, -0.05) is 62.9 Å². The summed E-state index contributed by atoms with van der Waals surface area (Å²) in [5.41, 5.74) is 2.16. The van der Waals surface area contributed by atoms with Gasteiger partial charge in [0.05, 0.1) is 0 Å². The van der Waals surface area contributed by atoms with Crippen LogP contribution in [0, 0.1) is 11.8 Å². The van der Waals surface area contributed by atoms with Crippen LogP contribution in [0.5, 0.6) is 0 Å². The lowest BCUT2D eigenvalue weighted by atomic mass is 9.99. The Kier molecular flexibility index (Phi) is 6.30. The van der Waals surface area contributed by atoms with Crippen molar-refractivity contribution in [3.8, 4) is 0 Å². The minimum atomic E-state index is 0.253. The van der Waals surface area contributed by atoms with Gasteiger partial charge in [0.25, 0.3) is 0 Å². The third-order valence-corrected chi connectivity index (χ3v) is 5.60. The molecule has 0 saturated heterocycles. The molecule has 0 bridgehead atoms. The number of nitrogens with zero attached hydrogens (tertiary/aromatic N) is 1. The Morgan fingerprint density at radius 1 is 1.15 bits per heavy atom. The Morgan fingerprint density at radius 3 is 2.63 bits per heavy atom. The van der Waals surface area contributed by atoms with Crippen LogP contribution in [-0.2, 0) is 4.84 Å². The number of aliphatic imine (C=N–C) groups is 1. The van der Waals surface area contributed by atoms with Gasteiger partial charge in [-0.2, -0.15) is 5.90 Å². The van der Waals surface area contributed by atoms with E-state index in [1.165, 1.54) is 16.3 Å². The summed E-state index contributed by atoms with van der Waals surface area (Å²) in [5.74, 6) is 6.67. The average Bonchev–Trinajstić information content (AvgIpc) is 3.13. The smallest absolute Gasteiger partial charge is 0.216 e. The van der Waals surface area contributed by atoms with Crippen molar-refractivity contribution in [1.82, 2.24) is 5.32 Å². The molecule has 3 rings (SSSR count). The SMILES string of the molecule is C=C(/N=C(\ON)C1CCC(N[C@H](C)c2cccc3ccccc23)C1)C(C)C. The van der Waals surface area contributed by atoms with E-state index in [2.05, 4.69) is 80.1 Å². The highest BCUT2D eigenvalue weighted by Gasteiger charge is 2.31. The van der Waals surface area contributed by atoms with E-state index >= 15 is 0 Å². The van der Waals surface area contributed by atoms with Crippen LogP contribution >= 0.6 is 0 Å². The zero-order chi connectivity index (χ0) is 19.4. The lowest BCUT2D eigenvalue weighted by Gasteiger charge is -2.21. The van der Waals surface area contributed by atoms with Crippen molar-refractivity contribution in [2.45, 2.75) is 52.1 Å². The van der Waals surface area contributed by atoms with Gasteiger partial charge in [0.2, 0.25) is 5.90 Å². The first-order valence-electron chi connectivity index (χ1n) is 9.87. The molecular weight excluding hydrogens is 334 g/mol. The van der Waals surface area contributed by atoms with Crippen LogP contribution in [0.4, 0.5) is 0 Å². The van der Waals surface area contributed by atoms with E-state index in [1.54, 1.807) is 0 Å².